The van der Waals surface area contributed by atoms with Gasteiger partial charge in [0, 0.05) is 12.9 Å². The van der Waals surface area contributed by atoms with Crippen molar-refractivity contribution < 1.29 is 24.1 Å². The van der Waals surface area contributed by atoms with Gasteiger partial charge in [-0.15, -0.1) is 0 Å². The lowest BCUT2D eigenvalue weighted by Crippen LogP contribution is -2.37. The molecule has 2 atom stereocenters. The molecule has 1 amide bonds. The van der Waals surface area contributed by atoms with Gasteiger partial charge in [-0.2, -0.15) is 0 Å². The number of thioether (sulfide) groups is 1. The molecule has 0 spiro atoms. The third-order valence-corrected chi connectivity index (χ3v) is 5.58. The zero-order valence-corrected chi connectivity index (χ0v) is 19.6. The van der Waals surface area contributed by atoms with Gasteiger partial charge in [0.2, 0.25) is 6.41 Å². The Morgan fingerprint density at radius 1 is 1.37 bits per heavy atom. The van der Waals surface area contributed by atoms with Crippen molar-refractivity contribution >= 4 is 41.3 Å². The second-order valence-corrected chi connectivity index (χ2v) is 8.41. The molecule has 30 heavy (non-hydrogen) atoms. The zero-order chi connectivity index (χ0) is 22.6. The van der Waals surface area contributed by atoms with Crippen LogP contribution in [0, 0.1) is 0 Å². The molecule has 9 nitrogen and oxygen atoms in total. The molecule has 172 valence electrons. The molecule has 1 aliphatic carbocycles. The van der Waals surface area contributed by atoms with Crippen molar-refractivity contribution in [2.24, 2.45) is 0 Å². The summed E-state index contributed by atoms with van der Waals surface area (Å²) in [6, 6.07) is 0. The molecule has 0 aliphatic heterocycles. The molecule has 1 fully saturated rings. The number of aromatic nitrogens is 2. The van der Waals surface area contributed by atoms with Crippen molar-refractivity contribution in [1.29, 1.82) is 0 Å². The fourth-order valence-corrected chi connectivity index (χ4v) is 3.70. The van der Waals surface area contributed by atoms with E-state index in [4.69, 9.17) is 36.7 Å². The van der Waals surface area contributed by atoms with Crippen molar-refractivity contribution in [1.82, 2.24) is 9.97 Å². The first kappa shape index (κ1) is 26.9. The van der Waals surface area contributed by atoms with Crippen LogP contribution < -0.4 is 11.1 Å². The Balaban J connectivity index is 0.000000300. The van der Waals surface area contributed by atoms with Crippen molar-refractivity contribution in [3.8, 4) is 0 Å². The number of nitrogens with zero attached hydrogens (tertiary/aromatic N) is 2. The number of hydrogen-bond acceptors (Lipinski definition) is 9. The van der Waals surface area contributed by atoms with E-state index in [9.17, 15) is 4.79 Å². The Hall–Kier alpha value is -1.17. The Morgan fingerprint density at radius 2 is 2.07 bits per heavy atom. The summed E-state index contributed by atoms with van der Waals surface area (Å²) in [7, 11) is 1.64. The van der Waals surface area contributed by atoms with E-state index in [2.05, 4.69) is 22.2 Å². The number of carbonyl (C=O) groups excluding carboxylic acids is 1. The largest absolute Gasteiger partial charge is 0.394 e. The summed E-state index contributed by atoms with van der Waals surface area (Å²) in [6.07, 6.45) is 4.81. The summed E-state index contributed by atoms with van der Waals surface area (Å²) in [6.45, 7) is 6.30. The zero-order valence-electron chi connectivity index (χ0n) is 18.0. The molecule has 1 unspecified atom stereocenters. The number of aliphatic hydroxyl groups is 1. The number of halogens is 1. The molecule has 0 aromatic carbocycles. The van der Waals surface area contributed by atoms with E-state index in [-0.39, 0.29) is 35.5 Å². The molecule has 0 radical (unpaired) electrons. The third kappa shape index (κ3) is 9.32. The van der Waals surface area contributed by atoms with Gasteiger partial charge in [-0.05, 0) is 39.5 Å². The van der Waals surface area contributed by atoms with Crippen molar-refractivity contribution in [2.75, 3.05) is 37.1 Å². The maximum Gasteiger partial charge on any atom is 0.211 e. The summed E-state index contributed by atoms with van der Waals surface area (Å²) in [5, 5.41) is 11.7. The SMILES string of the molecule is CCCSc1nc(N)c(NC=O)c(Cl)n1.COC(C)(C)O[C@H]1CCCC1OCCO. The van der Waals surface area contributed by atoms with Gasteiger partial charge < -0.3 is 30.4 Å². The standard InChI is InChI=1S/C11H22O4.C8H11ClN4OS/c1-11(2,13-3)15-10-6-4-5-9(10)14-8-7-12;1-2-3-15-8-12-6(9)5(11-4-14)7(10)13-8/h9-10,12H,4-8H2,1-3H3;4H,2-3H2,1H3,(H,11,14)(H2,10,12,13)/t9?,10-;/m0./s1. The van der Waals surface area contributed by atoms with Crippen molar-refractivity contribution in [3.05, 3.63) is 5.15 Å². The predicted molar refractivity (Wildman–Crippen MR) is 119 cm³/mol. The minimum Gasteiger partial charge on any atom is -0.394 e. The normalized spacial score (nSPS) is 18.6. The van der Waals surface area contributed by atoms with Gasteiger partial charge in [-0.3, -0.25) is 4.79 Å². The first-order chi connectivity index (χ1) is 14.3. The maximum absolute atomic E-state index is 10.2. The van der Waals surface area contributed by atoms with Crippen molar-refractivity contribution in [3.63, 3.8) is 0 Å². The first-order valence-corrected chi connectivity index (χ1v) is 11.3. The van der Waals surface area contributed by atoms with Crippen molar-refractivity contribution in [2.45, 2.75) is 69.6 Å². The molecule has 1 saturated carbocycles. The first-order valence-electron chi connectivity index (χ1n) is 9.89. The molecule has 1 heterocycles. The summed E-state index contributed by atoms with van der Waals surface area (Å²) in [5.74, 6) is 0.521. The van der Waals surface area contributed by atoms with Gasteiger partial charge in [-0.25, -0.2) is 9.97 Å². The minimum atomic E-state index is -0.560. The third-order valence-electron chi connectivity index (χ3n) is 4.25. The number of nitrogens with two attached hydrogens (primary N) is 1. The van der Waals surface area contributed by atoms with Gasteiger partial charge in [0.15, 0.2) is 21.9 Å². The highest BCUT2D eigenvalue weighted by atomic mass is 35.5. The maximum atomic E-state index is 10.2. The van der Waals surface area contributed by atoms with Gasteiger partial charge in [0.05, 0.1) is 25.4 Å². The van der Waals surface area contributed by atoms with Crippen LogP contribution in [0.4, 0.5) is 11.5 Å². The van der Waals surface area contributed by atoms with E-state index < -0.39 is 5.79 Å². The Morgan fingerprint density at radius 3 is 2.63 bits per heavy atom. The summed E-state index contributed by atoms with van der Waals surface area (Å²) < 4.78 is 16.6. The van der Waals surface area contributed by atoms with Crippen LogP contribution in [0.1, 0.15) is 46.5 Å². The number of aliphatic hydroxyl groups excluding tert-OH is 1. The number of nitrogens with one attached hydrogen (secondary N) is 1. The van der Waals surface area contributed by atoms with Crippen LogP contribution in [-0.2, 0) is 19.0 Å². The molecule has 2 rings (SSSR count). The highest BCUT2D eigenvalue weighted by Crippen LogP contribution is 2.29. The van der Waals surface area contributed by atoms with Crippen LogP contribution in [0.15, 0.2) is 5.16 Å². The number of hydrogen-bond donors (Lipinski definition) is 3. The van der Waals surface area contributed by atoms with E-state index in [1.54, 1.807) is 7.11 Å². The van der Waals surface area contributed by atoms with Crippen LogP contribution in [0.2, 0.25) is 5.15 Å². The Bertz CT molecular complexity index is 630. The Labute approximate surface area is 187 Å². The predicted octanol–water partition coefficient (Wildman–Crippen LogP) is 3.10. The number of amides is 1. The Kier molecular flexibility index (Phi) is 12.5. The highest BCUT2D eigenvalue weighted by molar-refractivity contribution is 7.99. The lowest BCUT2D eigenvalue weighted by atomic mass is 10.2. The molecule has 1 aromatic rings. The van der Waals surface area contributed by atoms with Crippen LogP contribution in [0.5, 0.6) is 0 Å². The molecule has 11 heteroatoms. The molecular formula is C19H33ClN4O5S. The van der Waals surface area contributed by atoms with Crippen LogP contribution in [-0.4, -0.2) is 65.6 Å². The second kappa shape index (κ2) is 14.0. The average Bonchev–Trinajstić information content (AvgIpc) is 3.14. The average molecular weight is 465 g/mol. The van der Waals surface area contributed by atoms with E-state index in [1.165, 1.54) is 11.8 Å². The van der Waals surface area contributed by atoms with Crippen LogP contribution >= 0.6 is 23.4 Å². The van der Waals surface area contributed by atoms with E-state index in [1.807, 2.05) is 13.8 Å². The minimum absolute atomic E-state index is 0.0664. The van der Waals surface area contributed by atoms with Gasteiger partial charge in [-0.1, -0.05) is 30.3 Å². The lowest BCUT2D eigenvalue weighted by molar-refractivity contribution is -0.239. The van der Waals surface area contributed by atoms with Crippen LogP contribution in [0.25, 0.3) is 0 Å². The molecule has 4 N–H and O–H groups in total. The van der Waals surface area contributed by atoms with Crippen LogP contribution in [0.3, 0.4) is 0 Å². The summed E-state index contributed by atoms with van der Waals surface area (Å²) in [4.78, 5) is 18.3. The lowest BCUT2D eigenvalue weighted by Gasteiger charge is -2.30. The number of nitrogen functional groups attached to an aromatic ring is 1. The van der Waals surface area contributed by atoms with Gasteiger partial charge in [0.1, 0.15) is 5.69 Å². The number of ether oxygens (including phenoxy) is 3. The fraction of sp³-hybridized carbons (Fsp3) is 0.737. The van der Waals surface area contributed by atoms with Gasteiger partial charge >= 0.3 is 0 Å². The number of rotatable bonds is 11. The summed E-state index contributed by atoms with van der Waals surface area (Å²) >= 11 is 7.30. The molecule has 1 aromatic heterocycles. The molecule has 1 aliphatic rings. The highest BCUT2D eigenvalue weighted by Gasteiger charge is 2.33. The molecular weight excluding hydrogens is 432 g/mol. The fourth-order valence-electron chi connectivity index (χ4n) is 2.71. The monoisotopic (exact) mass is 464 g/mol. The van der Waals surface area contributed by atoms with E-state index in [0.29, 0.717) is 18.2 Å². The number of anilines is 2. The number of methoxy groups -OCH3 is 1. The smallest absolute Gasteiger partial charge is 0.211 e. The number of carbonyl (C=O) groups is 1. The quantitative estimate of drug-likeness (QED) is 0.149. The topological polar surface area (TPSA) is 129 Å². The molecule has 0 bridgehead atoms. The van der Waals surface area contributed by atoms with E-state index >= 15 is 0 Å². The molecule has 0 saturated heterocycles. The summed E-state index contributed by atoms with van der Waals surface area (Å²) in [5.41, 5.74) is 5.87. The van der Waals surface area contributed by atoms with Gasteiger partial charge in [0.25, 0.3) is 0 Å². The second-order valence-electron chi connectivity index (χ2n) is 6.99. The van der Waals surface area contributed by atoms with E-state index in [0.717, 1.165) is 31.4 Å².